The van der Waals surface area contributed by atoms with Crippen molar-refractivity contribution in [3.8, 4) is 22.2 Å². The minimum Gasteiger partial charge on any atom is -0.497 e. The number of ether oxygens (including phenoxy) is 2. The molecule has 0 N–H and O–H groups in total. The molecule has 0 heterocycles. The molecule has 0 unspecified atom stereocenters. The van der Waals surface area contributed by atoms with Gasteiger partial charge in [0.2, 0.25) is 0 Å². The van der Waals surface area contributed by atoms with Crippen molar-refractivity contribution in [2.75, 3.05) is 7.11 Å². The summed E-state index contributed by atoms with van der Waals surface area (Å²) in [4.78, 5) is 13.2. The van der Waals surface area contributed by atoms with Crippen molar-refractivity contribution in [3.05, 3.63) is 24.3 Å². The first-order valence-corrected chi connectivity index (χ1v) is 4.53. The van der Waals surface area contributed by atoms with Gasteiger partial charge in [0, 0.05) is 21.9 Å². The first-order valence-electron chi connectivity index (χ1n) is 3.74. The number of rotatable bonds is 2. The van der Waals surface area contributed by atoms with Crippen LogP contribution in [-0.2, 0) is 4.79 Å². The summed E-state index contributed by atoms with van der Waals surface area (Å²) in [6.07, 6.45) is 0. The summed E-state index contributed by atoms with van der Waals surface area (Å²) in [5, 5.41) is 0. The Kier molecular flexibility index (Phi) is 4.02. The molecule has 0 bridgehead atoms. The maximum atomic E-state index is 10.9. The molecule has 0 saturated heterocycles. The highest BCUT2D eigenvalue weighted by molar-refractivity contribution is 9.12. The molecule has 1 rings (SSSR count). The number of carbonyl (C=O) groups excluding carboxylic acids is 1. The molecule has 3 nitrogen and oxygen atoms in total. The summed E-state index contributed by atoms with van der Waals surface area (Å²) in [5.74, 6) is 2.73. The number of carbonyl (C=O) groups is 1. The topological polar surface area (TPSA) is 35.5 Å². The summed E-state index contributed by atoms with van der Waals surface area (Å²) < 4.78 is 9.80. The van der Waals surface area contributed by atoms with E-state index >= 15 is 0 Å². The van der Waals surface area contributed by atoms with Crippen molar-refractivity contribution in [3.63, 3.8) is 0 Å². The third kappa shape index (κ3) is 3.11. The zero-order chi connectivity index (χ0) is 10.4. The van der Waals surface area contributed by atoms with Crippen molar-refractivity contribution < 1.29 is 14.3 Å². The molecule has 0 fully saturated rings. The van der Waals surface area contributed by atoms with Crippen molar-refractivity contribution in [2.24, 2.45) is 0 Å². The summed E-state index contributed by atoms with van der Waals surface area (Å²) in [5.41, 5.74) is 0. The lowest BCUT2D eigenvalue weighted by atomic mass is 10.3. The lowest BCUT2D eigenvalue weighted by Crippen LogP contribution is -2.03. The Morgan fingerprint density at radius 1 is 1.29 bits per heavy atom. The molecule has 0 spiro atoms. The highest BCUT2D eigenvalue weighted by atomic mass is 79.9. The monoisotopic (exact) mass is 254 g/mol. The molecule has 0 aliphatic rings. The minimum atomic E-state index is -0.605. The molecular weight excluding hydrogens is 248 g/mol. The second kappa shape index (κ2) is 5.30. The van der Waals surface area contributed by atoms with Gasteiger partial charge in [-0.2, -0.15) is 0 Å². The van der Waals surface area contributed by atoms with Gasteiger partial charge in [-0.1, -0.05) is 0 Å². The quantitative estimate of drug-likeness (QED) is 0.460. The zero-order valence-corrected chi connectivity index (χ0v) is 9.00. The van der Waals surface area contributed by atoms with E-state index < -0.39 is 5.97 Å². The predicted molar refractivity (Wildman–Crippen MR) is 55.3 cm³/mol. The molecule has 0 amide bonds. The maximum Gasteiger partial charge on any atom is 0.390 e. The van der Waals surface area contributed by atoms with Crippen molar-refractivity contribution in [1.82, 2.24) is 0 Å². The van der Waals surface area contributed by atoms with E-state index in [0.717, 1.165) is 0 Å². The molecule has 1 aromatic carbocycles. The molecule has 72 valence electrons. The second-order valence-electron chi connectivity index (χ2n) is 2.28. The maximum absolute atomic E-state index is 10.9. The van der Waals surface area contributed by atoms with E-state index in [1.165, 1.54) is 0 Å². The highest BCUT2D eigenvalue weighted by Gasteiger charge is 2.00. The fourth-order valence-electron chi connectivity index (χ4n) is 0.815. The fraction of sp³-hybridized carbons (Fsp3) is 0.100. The van der Waals surface area contributed by atoms with E-state index in [-0.39, 0.29) is 0 Å². The van der Waals surface area contributed by atoms with Crippen LogP contribution in [0.3, 0.4) is 0 Å². The van der Waals surface area contributed by atoms with Crippen LogP contribution < -0.4 is 9.47 Å². The Labute approximate surface area is 90.1 Å². The van der Waals surface area contributed by atoms with Gasteiger partial charge >= 0.3 is 5.97 Å². The van der Waals surface area contributed by atoms with Gasteiger partial charge in [0.1, 0.15) is 11.5 Å². The number of esters is 1. The van der Waals surface area contributed by atoms with Crippen LogP contribution in [-0.4, -0.2) is 13.1 Å². The summed E-state index contributed by atoms with van der Waals surface area (Å²) in [6.45, 7) is 0. The third-order valence-corrected chi connectivity index (χ3v) is 1.62. The van der Waals surface area contributed by atoms with Gasteiger partial charge in [0.05, 0.1) is 7.11 Å². The van der Waals surface area contributed by atoms with Crippen molar-refractivity contribution in [2.45, 2.75) is 0 Å². The van der Waals surface area contributed by atoms with Crippen LogP contribution in [0.25, 0.3) is 0 Å². The average Bonchev–Trinajstić information content (AvgIpc) is 2.19. The van der Waals surface area contributed by atoms with Crippen LogP contribution >= 0.6 is 15.9 Å². The Morgan fingerprint density at radius 2 is 1.86 bits per heavy atom. The Morgan fingerprint density at radius 3 is 2.36 bits per heavy atom. The van der Waals surface area contributed by atoms with Gasteiger partial charge in [0.25, 0.3) is 0 Å². The van der Waals surface area contributed by atoms with Crippen LogP contribution in [0.15, 0.2) is 24.3 Å². The first-order chi connectivity index (χ1) is 6.76. The fourth-order valence-corrected chi connectivity index (χ4v) is 0.977. The van der Waals surface area contributed by atoms with Crippen molar-refractivity contribution >= 4 is 21.9 Å². The van der Waals surface area contributed by atoms with Gasteiger partial charge in [-0.15, -0.1) is 0 Å². The lowest BCUT2D eigenvalue weighted by Gasteiger charge is -2.01. The molecule has 0 aliphatic heterocycles. The molecule has 4 heteroatoms. The number of hydrogen-bond acceptors (Lipinski definition) is 3. The van der Waals surface area contributed by atoms with Gasteiger partial charge in [-0.25, -0.2) is 4.79 Å². The Bertz CT molecular complexity index is 373. The average molecular weight is 255 g/mol. The predicted octanol–water partition coefficient (Wildman–Crippen LogP) is 1.96. The molecule has 14 heavy (non-hydrogen) atoms. The molecule has 0 atom stereocenters. The van der Waals surface area contributed by atoms with E-state index in [1.807, 2.05) is 0 Å². The van der Waals surface area contributed by atoms with Gasteiger partial charge < -0.3 is 9.47 Å². The van der Waals surface area contributed by atoms with Gasteiger partial charge in [-0.05, 0) is 29.1 Å². The smallest absolute Gasteiger partial charge is 0.390 e. The number of halogens is 1. The van der Waals surface area contributed by atoms with Crippen LogP contribution in [0.2, 0.25) is 0 Å². The third-order valence-electron chi connectivity index (χ3n) is 1.42. The summed E-state index contributed by atoms with van der Waals surface area (Å²) in [7, 11) is 1.57. The van der Waals surface area contributed by atoms with Crippen LogP contribution in [0, 0.1) is 10.8 Å². The highest BCUT2D eigenvalue weighted by Crippen LogP contribution is 2.16. The number of benzene rings is 1. The standard InChI is InChI=1S/C10H7BrO3/c1-13-8-2-4-9(5-3-8)14-10(12)6-7-11/h2-5H,1H3. The number of methoxy groups -OCH3 is 1. The van der Waals surface area contributed by atoms with E-state index in [4.69, 9.17) is 9.47 Å². The van der Waals surface area contributed by atoms with E-state index in [9.17, 15) is 4.79 Å². The molecule has 1 aromatic rings. The Hall–Kier alpha value is -1.47. The van der Waals surface area contributed by atoms with Gasteiger partial charge in [0.15, 0.2) is 0 Å². The minimum absolute atomic E-state index is 0.436. The molecule has 0 saturated carbocycles. The van der Waals surface area contributed by atoms with Crippen molar-refractivity contribution in [1.29, 1.82) is 0 Å². The van der Waals surface area contributed by atoms with E-state index in [1.54, 1.807) is 31.4 Å². The summed E-state index contributed by atoms with van der Waals surface area (Å²) in [6, 6.07) is 6.66. The largest absolute Gasteiger partial charge is 0.497 e. The van der Waals surface area contributed by atoms with Crippen LogP contribution in [0.4, 0.5) is 0 Å². The molecule has 0 aromatic heterocycles. The second-order valence-corrected chi connectivity index (χ2v) is 2.68. The summed E-state index contributed by atoms with van der Waals surface area (Å²) >= 11 is 2.80. The molecule has 0 aliphatic carbocycles. The van der Waals surface area contributed by atoms with Crippen LogP contribution in [0.1, 0.15) is 0 Å². The normalized spacial score (nSPS) is 8.43. The van der Waals surface area contributed by atoms with Crippen LogP contribution in [0.5, 0.6) is 11.5 Å². The Balaban J connectivity index is 2.67. The van der Waals surface area contributed by atoms with E-state index in [0.29, 0.717) is 11.5 Å². The number of hydrogen-bond donors (Lipinski definition) is 0. The molecular formula is C10H7BrO3. The SMILES string of the molecule is COc1ccc(OC(=O)C#CBr)cc1. The first kappa shape index (κ1) is 10.6. The lowest BCUT2D eigenvalue weighted by molar-refractivity contribution is -0.128. The zero-order valence-electron chi connectivity index (χ0n) is 7.41. The molecule has 0 radical (unpaired) electrons. The van der Waals surface area contributed by atoms with Gasteiger partial charge in [-0.3, -0.25) is 0 Å². The van der Waals surface area contributed by atoms with E-state index in [2.05, 4.69) is 26.7 Å².